The predicted octanol–water partition coefficient (Wildman–Crippen LogP) is 4.51. The number of nitrogens with zero attached hydrogens (tertiary/aromatic N) is 2. The number of hydrogen-bond donors (Lipinski definition) is 0. The van der Waals surface area contributed by atoms with Crippen LogP contribution in [0.15, 0.2) is 0 Å². The summed E-state index contributed by atoms with van der Waals surface area (Å²) in [7, 11) is 0. The molecule has 0 saturated carbocycles. The van der Waals surface area contributed by atoms with Gasteiger partial charge in [-0.05, 0) is 32.9 Å². The van der Waals surface area contributed by atoms with Gasteiger partial charge in [-0.2, -0.15) is 6.54 Å². The third-order valence-corrected chi connectivity index (χ3v) is 3.89. The molecule has 0 aromatic heterocycles. The van der Waals surface area contributed by atoms with Crippen molar-refractivity contribution in [1.29, 1.82) is 0 Å². The number of rotatable bonds is 7. The number of hydrogen-bond acceptors (Lipinski definition) is 2. The topological polar surface area (TPSA) is 34.4 Å². The van der Waals surface area contributed by atoms with Gasteiger partial charge in [0, 0.05) is 36.9 Å². The standard InChI is InChI=1S/C14H27N2O.C2H6.CH4.V/c1-4-14(17)13-7-10-16(11-8-13)12(3)6-9-15-5-2;1-2;;/h12-13H,4-11H2,1-3H3;1-2H3;1H4;/q-1;;;. The summed E-state index contributed by atoms with van der Waals surface area (Å²) in [4.78, 5) is 14.1. The summed E-state index contributed by atoms with van der Waals surface area (Å²) in [5.74, 6) is 0.794. The van der Waals surface area contributed by atoms with E-state index in [0.717, 1.165) is 45.4 Å². The van der Waals surface area contributed by atoms with Gasteiger partial charge >= 0.3 is 0 Å². The zero-order chi connectivity index (χ0) is 14.7. The summed E-state index contributed by atoms with van der Waals surface area (Å²) in [6.45, 7) is 14.4. The van der Waals surface area contributed by atoms with Gasteiger partial charge in [-0.1, -0.05) is 41.5 Å². The van der Waals surface area contributed by atoms with E-state index in [4.69, 9.17) is 0 Å². The Hall–Kier alpha value is 0.174. The van der Waals surface area contributed by atoms with Crippen LogP contribution >= 0.6 is 0 Å². The quantitative estimate of drug-likeness (QED) is 0.641. The summed E-state index contributed by atoms with van der Waals surface area (Å²) in [6, 6.07) is 0.614. The van der Waals surface area contributed by atoms with Gasteiger partial charge in [0.05, 0.1) is 0 Å². The summed E-state index contributed by atoms with van der Waals surface area (Å²) >= 11 is 0. The first-order valence-electron chi connectivity index (χ1n) is 8.09. The Labute approximate surface area is 145 Å². The van der Waals surface area contributed by atoms with Crippen LogP contribution in [0, 0.1) is 5.92 Å². The molecular formula is C17H37N2OV-. The molecule has 0 aromatic rings. The minimum Gasteiger partial charge on any atom is -0.662 e. The van der Waals surface area contributed by atoms with Gasteiger partial charge in [0.25, 0.3) is 0 Å². The van der Waals surface area contributed by atoms with Crippen molar-refractivity contribution in [2.24, 2.45) is 5.92 Å². The van der Waals surface area contributed by atoms with Gasteiger partial charge in [-0.25, -0.2) is 0 Å². The number of carbonyl (C=O) groups is 1. The van der Waals surface area contributed by atoms with Gasteiger partial charge in [0.1, 0.15) is 5.78 Å². The Kier molecular flexibility index (Phi) is 20.6. The van der Waals surface area contributed by atoms with Gasteiger partial charge in [0.15, 0.2) is 0 Å². The first-order chi connectivity index (χ1) is 9.19. The van der Waals surface area contributed by atoms with Crippen LogP contribution < -0.4 is 0 Å². The molecular weight excluding hydrogens is 299 g/mol. The molecule has 3 nitrogen and oxygen atoms in total. The molecule has 1 aliphatic rings. The largest absolute Gasteiger partial charge is 0.662 e. The maximum absolute atomic E-state index is 11.6. The van der Waals surface area contributed by atoms with Crippen LogP contribution in [0.2, 0.25) is 0 Å². The fourth-order valence-corrected chi connectivity index (χ4v) is 2.57. The Morgan fingerprint density at radius 1 is 1.24 bits per heavy atom. The minimum absolute atomic E-state index is 0. The molecule has 21 heavy (non-hydrogen) atoms. The van der Waals surface area contributed by atoms with Crippen molar-refractivity contribution in [3.05, 3.63) is 5.32 Å². The van der Waals surface area contributed by atoms with Crippen molar-refractivity contribution in [2.75, 3.05) is 26.2 Å². The Morgan fingerprint density at radius 3 is 2.19 bits per heavy atom. The van der Waals surface area contributed by atoms with Gasteiger partial charge in [-0.3, -0.25) is 4.79 Å². The fourth-order valence-electron chi connectivity index (χ4n) is 2.57. The van der Waals surface area contributed by atoms with E-state index >= 15 is 0 Å². The second kappa shape index (κ2) is 16.5. The molecule has 0 aromatic carbocycles. The second-order valence-electron chi connectivity index (χ2n) is 5.03. The maximum Gasteiger partial charge on any atom is 0.135 e. The van der Waals surface area contributed by atoms with E-state index in [0.29, 0.717) is 24.2 Å². The van der Waals surface area contributed by atoms with Crippen molar-refractivity contribution < 1.29 is 23.4 Å². The van der Waals surface area contributed by atoms with Gasteiger partial charge < -0.3 is 10.2 Å². The molecule has 0 bridgehead atoms. The maximum atomic E-state index is 11.6. The van der Waals surface area contributed by atoms with Crippen molar-refractivity contribution >= 4 is 5.78 Å². The predicted molar refractivity (Wildman–Crippen MR) is 90.5 cm³/mol. The second-order valence-corrected chi connectivity index (χ2v) is 5.03. The molecule has 1 heterocycles. The monoisotopic (exact) mass is 336 g/mol. The number of likely N-dealkylation sites (tertiary alicyclic amines) is 1. The van der Waals surface area contributed by atoms with Gasteiger partial charge in [0.2, 0.25) is 0 Å². The molecule has 4 heteroatoms. The molecule has 127 valence electrons. The number of Topliss-reactive ketones (excluding diaryl/α,β-unsaturated/α-hetero) is 1. The molecule has 1 aliphatic heterocycles. The number of carbonyl (C=O) groups excluding carboxylic acids is 1. The third kappa shape index (κ3) is 10.5. The van der Waals surface area contributed by atoms with E-state index in [1.165, 1.54) is 0 Å². The van der Waals surface area contributed by atoms with Crippen molar-refractivity contribution in [2.45, 2.75) is 73.8 Å². The molecule has 1 saturated heterocycles. The molecule has 1 radical (unpaired) electrons. The zero-order valence-electron chi connectivity index (χ0n) is 14.1. The first-order valence-corrected chi connectivity index (χ1v) is 8.09. The van der Waals surface area contributed by atoms with Gasteiger partial charge in [-0.15, -0.1) is 6.54 Å². The molecule has 1 rings (SSSR count). The molecule has 0 spiro atoms. The third-order valence-electron chi connectivity index (χ3n) is 3.89. The van der Waals surface area contributed by atoms with Crippen LogP contribution in [-0.4, -0.2) is 42.9 Å². The normalized spacial score (nSPS) is 16.8. The molecule has 1 unspecified atom stereocenters. The van der Waals surface area contributed by atoms with Crippen molar-refractivity contribution in [1.82, 2.24) is 4.90 Å². The first kappa shape index (κ1) is 26.1. The Morgan fingerprint density at radius 2 is 1.76 bits per heavy atom. The minimum atomic E-state index is 0. The van der Waals surface area contributed by atoms with Crippen LogP contribution in [0.4, 0.5) is 0 Å². The molecule has 1 fully saturated rings. The average molecular weight is 336 g/mol. The summed E-state index contributed by atoms with van der Waals surface area (Å²) in [5, 5.41) is 4.38. The summed E-state index contributed by atoms with van der Waals surface area (Å²) in [6.07, 6.45) is 3.97. The number of ketones is 1. The molecule has 0 N–H and O–H groups in total. The molecule has 0 aliphatic carbocycles. The van der Waals surface area contributed by atoms with E-state index in [9.17, 15) is 4.79 Å². The fraction of sp³-hybridized carbons (Fsp3) is 0.941. The van der Waals surface area contributed by atoms with E-state index in [1.54, 1.807) is 0 Å². The van der Waals surface area contributed by atoms with Crippen LogP contribution in [0.25, 0.3) is 5.32 Å². The molecule has 1 atom stereocenters. The van der Waals surface area contributed by atoms with Crippen LogP contribution in [0.1, 0.15) is 67.7 Å². The summed E-state index contributed by atoms with van der Waals surface area (Å²) in [5.41, 5.74) is 0. The van der Waals surface area contributed by atoms with E-state index in [1.807, 2.05) is 20.8 Å². The van der Waals surface area contributed by atoms with E-state index in [2.05, 4.69) is 24.1 Å². The van der Waals surface area contributed by atoms with Crippen molar-refractivity contribution in [3.8, 4) is 0 Å². The molecule has 0 amide bonds. The van der Waals surface area contributed by atoms with Crippen molar-refractivity contribution in [3.63, 3.8) is 0 Å². The smallest absolute Gasteiger partial charge is 0.135 e. The summed E-state index contributed by atoms with van der Waals surface area (Å²) < 4.78 is 0. The zero-order valence-corrected chi connectivity index (χ0v) is 15.5. The van der Waals surface area contributed by atoms with E-state index < -0.39 is 0 Å². The average Bonchev–Trinajstić information content (AvgIpc) is 2.48. The number of piperidine rings is 1. The van der Waals surface area contributed by atoms with Crippen LogP contribution in [0.3, 0.4) is 0 Å². The Balaban J connectivity index is -0.000000774. The Bertz CT molecular complexity index is 229. The SMILES string of the molecule is C.CC.CC[N-]CCC(C)N1CCC(C(=O)CC)CC1.[V]. The van der Waals surface area contributed by atoms with Crippen LogP contribution in [0.5, 0.6) is 0 Å². The van der Waals surface area contributed by atoms with E-state index in [-0.39, 0.29) is 26.0 Å². The van der Waals surface area contributed by atoms with Crippen LogP contribution in [-0.2, 0) is 23.4 Å².